The van der Waals surface area contributed by atoms with Crippen molar-refractivity contribution in [2.75, 3.05) is 27.2 Å². The zero-order valence-corrected chi connectivity index (χ0v) is 30.7. The van der Waals surface area contributed by atoms with Crippen molar-refractivity contribution in [3.8, 4) is 0 Å². The first-order valence-electron chi connectivity index (χ1n) is 17.8. The van der Waals surface area contributed by atoms with Crippen LogP contribution in [0.3, 0.4) is 0 Å². The maximum atomic E-state index is 13.9. The molecule has 0 atom stereocenters. The zero-order valence-electron chi connectivity index (χ0n) is 29.9. The van der Waals surface area contributed by atoms with Crippen LogP contribution in [0.4, 0.5) is 4.79 Å². The summed E-state index contributed by atoms with van der Waals surface area (Å²) in [5.41, 5.74) is 2.36. The van der Waals surface area contributed by atoms with Crippen LogP contribution in [0, 0.1) is 5.92 Å². The van der Waals surface area contributed by atoms with Crippen molar-refractivity contribution in [1.29, 1.82) is 0 Å². The lowest BCUT2D eigenvalue weighted by Crippen LogP contribution is -2.46. The molecule has 4 amide bonds. The predicted molar refractivity (Wildman–Crippen MR) is 203 cm³/mol. The number of aliphatic carboxylic acids is 1. The molecule has 2 aromatic carbocycles. The molecule has 1 aliphatic carbocycles. The number of hydrogen-bond acceptors (Lipinski definition) is 8. The van der Waals surface area contributed by atoms with Crippen LogP contribution in [0.5, 0.6) is 0 Å². The minimum atomic E-state index is -0.810. The number of pyridine rings is 1. The molecule has 4 N–H and O–H groups in total. The smallest absolute Gasteiger partial charge is 0.345 e. The van der Waals surface area contributed by atoms with Crippen LogP contribution in [0.2, 0.25) is 0 Å². The monoisotopic (exact) mass is 739 g/mol. The number of aromatic nitrogens is 3. The van der Waals surface area contributed by atoms with Gasteiger partial charge in [-0.25, -0.2) is 4.79 Å². The summed E-state index contributed by atoms with van der Waals surface area (Å²) >= 11 is 1.40. The quantitative estimate of drug-likeness (QED) is 0.116. The molecule has 2 heterocycles. The number of hydrogen-bond donors (Lipinski definition) is 4. The van der Waals surface area contributed by atoms with Crippen molar-refractivity contribution in [2.24, 2.45) is 5.92 Å². The van der Waals surface area contributed by atoms with Crippen LogP contribution in [0.15, 0.2) is 76.7 Å². The molecule has 0 aliphatic heterocycles. The van der Waals surface area contributed by atoms with E-state index in [1.165, 1.54) is 21.3 Å². The molecule has 1 fully saturated rings. The fraction of sp³-hybridized carbons (Fsp3) is 0.359. The van der Waals surface area contributed by atoms with Crippen molar-refractivity contribution in [3.05, 3.63) is 83.8 Å². The van der Waals surface area contributed by atoms with E-state index in [0.717, 1.165) is 33.7 Å². The summed E-state index contributed by atoms with van der Waals surface area (Å²) in [6.07, 6.45) is 10.1. The van der Waals surface area contributed by atoms with Crippen LogP contribution >= 0.6 is 11.8 Å². The van der Waals surface area contributed by atoms with Gasteiger partial charge in [-0.05, 0) is 93.1 Å². The van der Waals surface area contributed by atoms with Crippen molar-refractivity contribution in [2.45, 2.75) is 67.2 Å². The molecule has 5 rings (SSSR count). The van der Waals surface area contributed by atoms with E-state index in [-0.39, 0.29) is 42.6 Å². The predicted octanol–water partition coefficient (Wildman–Crippen LogP) is 5.45. The molecule has 0 saturated heterocycles. The minimum Gasteiger partial charge on any atom is -0.481 e. The third-order valence-electron chi connectivity index (χ3n) is 9.09. The van der Waals surface area contributed by atoms with E-state index >= 15 is 0 Å². The maximum Gasteiger partial charge on any atom is 0.345 e. The van der Waals surface area contributed by atoms with E-state index in [1.807, 2.05) is 54.6 Å². The van der Waals surface area contributed by atoms with Crippen LogP contribution in [0.1, 0.15) is 73.1 Å². The molecule has 1 aliphatic rings. The number of rotatable bonds is 15. The Morgan fingerprint density at radius 1 is 0.962 bits per heavy atom. The van der Waals surface area contributed by atoms with E-state index in [0.29, 0.717) is 55.4 Å². The molecule has 278 valence electrons. The van der Waals surface area contributed by atoms with Gasteiger partial charge in [0.2, 0.25) is 11.8 Å². The van der Waals surface area contributed by atoms with E-state index < -0.39 is 12.0 Å². The van der Waals surface area contributed by atoms with Gasteiger partial charge >= 0.3 is 12.0 Å². The van der Waals surface area contributed by atoms with Gasteiger partial charge < -0.3 is 26.0 Å². The molecule has 0 unspecified atom stereocenters. The highest BCUT2D eigenvalue weighted by Crippen LogP contribution is 2.34. The van der Waals surface area contributed by atoms with Gasteiger partial charge in [0, 0.05) is 60.4 Å². The third-order valence-corrected chi connectivity index (χ3v) is 10.2. The van der Waals surface area contributed by atoms with Crippen molar-refractivity contribution < 1.29 is 29.1 Å². The van der Waals surface area contributed by atoms with E-state index in [9.17, 15) is 24.0 Å². The molecule has 1 saturated carbocycles. The highest BCUT2D eigenvalue weighted by Gasteiger charge is 2.28. The Kier molecular flexibility index (Phi) is 13.8. The molecule has 4 aromatic rings. The average Bonchev–Trinajstić information content (AvgIpc) is 3.52. The summed E-state index contributed by atoms with van der Waals surface area (Å²) in [5.74, 6) is -1.44. The minimum absolute atomic E-state index is 0.00346. The van der Waals surface area contributed by atoms with E-state index in [4.69, 9.17) is 5.11 Å². The van der Waals surface area contributed by atoms with E-state index in [2.05, 4.69) is 26.0 Å². The topological polar surface area (TPSA) is 176 Å². The average molecular weight is 740 g/mol. The Balaban J connectivity index is 1.23. The van der Waals surface area contributed by atoms with Crippen LogP contribution in [-0.2, 0) is 14.4 Å². The number of amides is 4. The summed E-state index contributed by atoms with van der Waals surface area (Å²) in [4.78, 5) is 70.0. The Hall–Kier alpha value is -5.50. The fourth-order valence-electron chi connectivity index (χ4n) is 6.25. The second-order valence-corrected chi connectivity index (χ2v) is 14.1. The summed E-state index contributed by atoms with van der Waals surface area (Å²) in [7, 11) is 3.14. The maximum absolute atomic E-state index is 13.9. The standard InChI is InChI=1S/C39H45N7O6S/c1-40-38(51)31-11-5-6-12-34(31)53-29-19-20-30-32(21-18-27-10-7-9-22-41-27)44-46(33(30)24-29)39(52)45(2)25-35(47)43-28-16-14-26(15-17-28)37(50)42-23-8-3-4-13-36(48)49/h5-7,9-12,18-22,24,26,28H,3-4,8,13-17,23,25H2,1-2H3,(H,40,51)(H,42,50)(H,43,47)(H,48,49)/b21-18+/t26-,28-. The molecule has 0 bridgehead atoms. The van der Waals surface area contributed by atoms with Crippen molar-refractivity contribution >= 4 is 64.5 Å². The first kappa shape index (κ1) is 38.7. The SMILES string of the molecule is CNC(=O)c1ccccc1Sc1ccc2c(/C=C/c3ccccn3)nn(C(=O)N(C)CC(=O)N[C@H]3CC[C@H](C(=O)NCCCCCC(=O)O)CC3)c2c1. The molecule has 13 nitrogen and oxygen atoms in total. The third kappa shape index (κ3) is 10.8. The highest BCUT2D eigenvalue weighted by molar-refractivity contribution is 7.99. The summed E-state index contributed by atoms with van der Waals surface area (Å²) < 4.78 is 1.30. The Labute approximate surface area is 312 Å². The first-order chi connectivity index (χ1) is 25.6. The zero-order chi connectivity index (χ0) is 37.7. The van der Waals surface area contributed by atoms with Gasteiger partial charge in [0.1, 0.15) is 6.54 Å². The second kappa shape index (κ2) is 18.8. The van der Waals surface area contributed by atoms with Gasteiger partial charge in [-0.1, -0.05) is 36.4 Å². The number of carbonyl (C=O) groups excluding carboxylic acids is 4. The van der Waals surface area contributed by atoms with Gasteiger partial charge in [-0.15, -0.1) is 0 Å². The second-order valence-electron chi connectivity index (χ2n) is 13.0. The molecule has 2 aromatic heterocycles. The van der Waals surface area contributed by atoms with Gasteiger partial charge in [0.05, 0.1) is 22.5 Å². The molecular formula is C39H45N7O6S. The summed E-state index contributed by atoms with van der Waals surface area (Å²) in [6.45, 7) is 0.338. The number of benzene rings is 2. The Morgan fingerprint density at radius 2 is 1.74 bits per heavy atom. The first-order valence-corrected chi connectivity index (χ1v) is 18.6. The molecular weight excluding hydrogens is 695 g/mol. The lowest BCUT2D eigenvalue weighted by Gasteiger charge is -2.29. The van der Waals surface area contributed by atoms with Crippen molar-refractivity contribution in [1.82, 2.24) is 35.6 Å². The van der Waals surface area contributed by atoms with Gasteiger partial charge in [-0.2, -0.15) is 9.78 Å². The molecule has 0 spiro atoms. The van der Waals surface area contributed by atoms with Crippen LogP contribution < -0.4 is 16.0 Å². The number of likely N-dealkylation sites (N-methyl/N-ethyl adjacent to an activating group) is 1. The molecule has 14 heteroatoms. The van der Waals surface area contributed by atoms with Gasteiger partial charge in [-0.3, -0.25) is 24.2 Å². The summed E-state index contributed by atoms with van der Waals surface area (Å²) in [6, 6.07) is 17.9. The largest absolute Gasteiger partial charge is 0.481 e. The molecule has 53 heavy (non-hydrogen) atoms. The normalized spacial score (nSPS) is 15.6. The number of fused-ring (bicyclic) bond motifs is 1. The van der Waals surface area contributed by atoms with Crippen LogP contribution in [0.25, 0.3) is 23.1 Å². The number of carboxylic acids is 1. The van der Waals surface area contributed by atoms with Gasteiger partial charge in [0.15, 0.2) is 0 Å². The molecule has 0 radical (unpaired) electrons. The number of carbonyl (C=O) groups is 5. The van der Waals surface area contributed by atoms with Crippen LogP contribution in [-0.4, -0.2) is 87.7 Å². The van der Waals surface area contributed by atoms with E-state index in [1.54, 1.807) is 38.5 Å². The lowest BCUT2D eigenvalue weighted by molar-refractivity contribution is -0.137. The number of nitrogens with zero attached hydrogens (tertiary/aromatic N) is 4. The van der Waals surface area contributed by atoms with Gasteiger partial charge in [0.25, 0.3) is 5.91 Å². The number of unbranched alkanes of at least 4 members (excludes halogenated alkanes) is 2. The fourth-order valence-corrected chi connectivity index (χ4v) is 7.22. The number of carboxylic acid groups (broad SMARTS) is 1. The highest BCUT2D eigenvalue weighted by atomic mass is 32.2. The summed E-state index contributed by atoms with van der Waals surface area (Å²) in [5, 5.41) is 22.8. The van der Waals surface area contributed by atoms with Crippen molar-refractivity contribution in [3.63, 3.8) is 0 Å². The lowest BCUT2D eigenvalue weighted by atomic mass is 9.85. The Bertz CT molecular complexity index is 1960. The Morgan fingerprint density at radius 3 is 2.47 bits per heavy atom. The number of nitrogens with one attached hydrogen (secondary N) is 3.